The van der Waals surface area contributed by atoms with E-state index in [1.165, 1.54) is 6.20 Å². The number of ketones is 1. The Bertz CT molecular complexity index is 893. The number of hydrogen-bond donors (Lipinski definition) is 0. The van der Waals surface area contributed by atoms with Crippen molar-refractivity contribution in [2.24, 2.45) is 0 Å². The lowest BCUT2D eigenvalue weighted by Gasteiger charge is -2.14. The van der Waals surface area contributed by atoms with Gasteiger partial charge in [0.2, 0.25) is 5.78 Å². The molecule has 0 unspecified atom stereocenters. The molecule has 0 aliphatic heterocycles. The first kappa shape index (κ1) is 19.7. The third kappa shape index (κ3) is 5.19. The van der Waals surface area contributed by atoms with Crippen molar-refractivity contribution in [3.05, 3.63) is 77.2 Å². The zero-order chi connectivity index (χ0) is 19.8. The highest BCUT2D eigenvalue weighted by molar-refractivity contribution is 6.13. The molecule has 0 saturated carbocycles. The first-order chi connectivity index (χ1) is 13.0. The van der Waals surface area contributed by atoms with Gasteiger partial charge in [0.1, 0.15) is 5.75 Å². The molecule has 0 aromatic heterocycles. The predicted octanol–water partition coefficient (Wildman–Crippen LogP) is 3.40. The standard InChI is InChI=1S/C21H20N2O4/c1-4-26-21(25)18-8-6-5-7-17(18)20(24)19(14-23(2)3)27-16-11-9-15(13-22)10-12-16/h5-12,14H,4H2,1-3H3/b19-14-. The van der Waals surface area contributed by atoms with Gasteiger partial charge in [0.15, 0.2) is 5.76 Å². The van der Waals surface area contributed by atoms with E-state index in [1.54, 1.807) is 74.4 Å². The van der Waals surface area contributed by atoms with E-state index in [0.29, 0.717) is 11.3 Å². The van der Waals surface area contributed by atoms with Crippen molar-refractivity contribution in [3.8, 4) is 11.8 Å². The van der Waals surface area contributed by atoms with E-state index in [2.05, 4.69) is 0 Å². The molecule has 0 aliphatic carbocycles. The number of rotatable bonds is 7. The number of allylic oxidation sites excluding steroid dienone is 1. The molecule has 138 valence electrons. The van der Waals surface area contributed by atoms with Crippen molar-refractivity contribution in [3.63, 3.8) is 0 Å². The Morgan fingerprint density at radius 1 is 1.07 bits per heavy atom. The lowest BCUT2D eigenvalue weighted by Crippen LogP contribution is -2.18. The second-order valence-corrected chi connectivity index (χ2v) is 5.79. The summed E-state index contributed by atoms with van der Waals surface area (Å²) >= 11 is 0. The number of carbonyl (C=O) groups excluding carboxylic acids is 2. The smallest absolute Gasteiger partial charge is 0.338 e. The topological polar surface area (TPSA) is 79.6 Å². The molecule has 2 aromatic rings. The second kappa shape index (κ2) is 9.20. The van der Waals surface area contributed by atoms with Crippen LogP contribution in [0.3, 0.4) is 0 Å². The first-order valence-corrected chi connectivity index (χ1v) is 8.33. The minimum Gasteiger partial charge on any atom is -0.462 e. The van der Waals surface area contributed by atoms with Crippen molar-refractivity contribution in [1.29, 1.82) is 5.26 Å². The molecule has 6 nitrogen and oxygen atoms in total. The van der Waals surface area contributed by atoms with Crippen molar-refractivity contribution in [1.82, 2.24) is 4.90 Å². The molecule has 27 heavy (non-hydrogen) atoms. The van der Waals surface area contributed by atoms with E-state index >= 15 is 0 Å². The molecule has 0 aliphatic rings. The quantitative estimate of drug-likeness (QED) is 0.324. The summed E-state index contributed by atoms with van der Waals surface area (Å²) in [4.78, 5) is 26.9. The fourth-order valence-corrected chi connectivity index (χ4v) is 2.29. The van der Waals surface area contributed by atoms with Crippen molar-refractivity contribution < 1.29 is 19.1 Å². The summed E-state index contributed by atoms with van der Waals surface area (Å²) < 4.78 is 10.8. The van der Waals surface area contributed by atoms with E-state index in [1.807, 2.05) is 6.07 Å². The number of nitriles is 1. The Morgan fingerprint density at radius 2 is 1.70 bits per heavy atom. The maximum absolute atomic E-state index is 13.1. The van der Waals surface area contributed by atoms with Gasteiger partial charge in [0, 0.05) is 25.9 Å². The summed E-state index contributed by atoms with van der Waals surface area (Å²) in [6.07, 6.45) is 1.53. The van der Waals surface area contributed by atoms with Crippen LogP contribution in [0.25, 0.3) is 0 Å². The van der Waals surface area contributed by atoms with Gasteiger partial charge in [-0.1, -0.05) is 18.2 Å². The predicted molar refractivity (Wildman–Crippen MR) is 100 cm³/mol. The molecule has 0 atom stereocenters. The molecular formula is C21H20N2O4. The highest BCUT2D eigenvalue weighted by Gasteiger charge is 2.22. The van der Waals surface area contributed by atoms with Crippen LogP contribution in [0.2, 0.25) is 0 Å². The molecule has 2 rings (SSSR count). The Balaban J connectivity index is 2.39. The number of hydrogen-bond acceptors (Lipinski definition) is 6. The Hall–Kier alpha value is -3.59. The van der Waals surface area contributed by atoms with Crippen LogP contribution in [0.1, 0.15) is 33.2 Å². The minimum absolute atomic E-state index is 0.0430. The van der Waals surface area contributed by atoms with E-state index < -0.39 is 11.8 Å². The average Bonchev–Trinajstić information content (AvgIpc) is 2.67. The van der Waals surface area contributed by atoms with Gasteiger partial charge in [-0.15, -0.1) is 0 Å². The van der Waals surface area contributed by atoms with Crippen LogP contribution in [0.15, 0.2) is 60.5 Å². The number of carbonyl (C=O) groups is 2. The number of nitrogens with zero attached hydrogens (tertiary/aromatic N) is 2. The van der Waals surface area contributed by atoms with Crippen LogP contribution in [0.5, 0.6) is 5.75 Å². The van der Waals surface area contributed by atoms with Crippen LogP contribution >= 0.6 is 0 Å². The number of esters is 1. The second-order valence-electron chi connectivity index (χ2n) is 5.79. The molecule has 0 N–H and O–H groups in total. The normalized spacial score (nSPS) is 10.7. The van der Waals surface area contributed by atoms with Gasteiger partial charge >= 0.3 is 5.97 Å². The zero-order valence-electron chi connectivity index (χ0n) is 15.4. The molecule has 0 amide bonds. The third-order valence-electron chi connectivity index (χ3n) is 3.48. The summed E-state index contributed by atoms with van der Waals surface area (Å²) in [5.74, 6) is -0.564. The molecule has 0 saturated heterocycles. The van der Waals surface area contributed by atoms with E-state index in [9.17, 15) is 9.59 Å². The monoisotopic (exact) mass is 364 g/mol. The summed E-state index contributed by atoms with van der Waals surface area (Å²) in [7, 11) is 3.51. The molecule has 0 radical (unpaired) electrons. The van der Waals surface area contributed by atoms with E-state index in [0.717, 1.165) is 0 Å². The zero-order valence-corrected chi connectivity index (χ0v) is 15.4. The van der Waals surface area contributed by atoms with Gasteiger partial charge in [0.05, 0.1) is 23.8 Å². The number of Topliss-reactive ketones (excluding diaryl/α,β-unsaturated/α-hetero) is 1. The highest BCUT2D eigenvalue weighted by Crippen LogP contribution is 2.20. The SMILES string of the molecule is CCOC(=O)c1ccccc1C(=O)/C(=C/N(C)C)Oc1ccc(C#N)cc1. The maximum Gasteiger partial charge on any atom is 0.338 e. The van der Waals surface area contributed by atoms with Gasteiger partial charge in [-0.05, 0) is 37.3 Å². The molecule has 0 fully saturated rings. The Morgan fingerprint density at radius 3 is 2.26 bits per heavy atom. The Labute approximate surface area is 158 Å². The van der Waals surface area contributed by atoms with Gasteiger partial charge in [-0.3, -0.25) is 4.79 Å². The molecule has 6 heteroatoms. The van der Waals surface area contributed by atoms with Crippen molar-refractivity contribution in [2.45, 2.75) is 6.92 Å². The average molecular weight is 364 g/mol. The fraction of sp³-hybridized carbons (Fsp3) is 0.190. The number of ether oxygens (including phenoxy) is 2. The summed E-state index contributed by atoms with van der Waals surface area (Å²) in [5.41, 5.74) is 0.856. The molecule has 0 heterocycles. The number of benzene rings is 2. The Kier molecular flexibility index (Phi) is 6.73. The van der Waals surface area contributed by atoms with Crippen molar-refractivity contribution in [2.75, 3.05) is 20.7 Å². The van der Waals surface area contributed by atoms with Crippen molar-refractivity contribution >= 4 is 11.8 Å². The van der Waals surface area contributed by atoms with Gasteiger partial charge in [-0.2, -0.15) is 5.26 Å². The van der Waals surface area contributed by atoms with Crippen LogP contribution in [-0.2, 0) is 4.74 Å². The van der Waals surface area contributed by atoms with Gasteiger partial charge < -0.3 is 14.4 Å². The molecule has 0 spiro atoms. The lowest BCUT2D eigenvalue weighted by atomic mass is 10.0. The largest absolute Gasteiger partial charge is 0.462 e. The van der Waals surface area contributed by atoms with Crippen LogP contribution in [0, 0.1) is 11.3 Å². The third-order valence-corrected chi connectivity index (χ3v) is 3.48. The molecule has 2 aromatic carbocycles. The fourth-order valence-electron chi connectivity index (χ4n) is 2.29. The van der Waals surface area contributed by atoms with Crippen LogP contribution in [-0.4, -0.2) is 37.4 Å². The van der Waals surface area contributed by atoms with E-state index in [-0.39, 0.29) is 23.5 Å². The highest BCUT2D eigenvalue weighted by atomic mass is 16.5. The van der Waals surface area contributed by atoms with Gasteiger partial charge in [0.25, 0.3) is 0 Å². The summed E-state index contributed by atoms with van der Waals surface area (Å²) in [5, 5.41) is 8.89. The maximum atomic E-state index is 13.1. The lowest BCUT2D eigenvalue weighted by molar-refractivity contribution is 0.0523. The van der Waals surface area contributed by atoms with Crippen LogP contribution < -0.4 is 4.74 Å². The first-order valence-electron chi connectivity index (χ1n) is 8.33. The summed E-state index contributed by atoms with van der Waals surface area (Å²) in [6.45, 7) is 1.91. The minimum atomic E-state index is -0.566. The van der Waals surface area contributed by atoms with Crippen LogP contribution in [0.4, 0.5) is 0 Å². The van der Waals surface area contributed by atoms with E-state index in [4.69, 9.17) is 14.7 Å². The summed E-state index contributed by atoms with van der Waals surface area (Å²) in [6, 6.07) is 14.9. The molecular weight excluding hydrogens is 344 g/mol. The van der Waals surface area contributed by atoms with Gasteiger partial charge in [-0.25, -0.2) is 4.79 Å². The molecule has 0 bridgehead atoms.